The fourth-order valence-electron chi connectivity index (χ4n) is 2.62. The molecule has 116 valence electrons. The molecule has 1 saturated carbocycles. The number of amides is 2. The number of carbonyl (C=O) groups is 1. The van der Waals surface area contributed by atoms with E-state index in [4.69, 9.17) is 4.74 Å². The second-order valence-electron chi connectivity index (χ2n) is 5.37. The number of aliphatic hydroxyl groups is 1. The molecule has 0 aromatic heterocycles. The van der Waals surface area contributed by atoms with Crippen LogP contribution in [0.1, 0.15) is 25.7 Å². The number of methoxy groups -OCH3 is 1. The molecule has 1 fully saturated rings. The minimum atomic E-state index is -0.422. The zero-order valence-corrected chi connectivity index (χ0v) is 12.1. The van der Waals surface area contributed by atoms with Gasteiger partial charge in [0.15, 0.2) is 0 Å². The third kappa shape index (κ3) is 4.60. The molecule has 2 unspecified atom stereocenters. The number of hydrogen-bond acceptors (Lipinski definition) is 3. The monoisotopic (exact) mass is 296 g/mol. The van der Waals surface area contributed by atoms with E-state index in [9.17, 15) is 14.3 Å². The van der Waals surface area contributed by atoms with E-state index in [-0.39, 0.29) is 17.9 Å². The predicted octanol–water partition coefficient (Wildman–Crippen LogP) is 2.51. The molecule has 2 rings (SSSR count). The third-order valence-electron chi connectivity index (χ3n) is 3.72. The van der Waals surface area contributed by atoms with Gasteiger partial charge in [0.1, 0.15) is 11.6 Å². The van der Waals surface area contributed by atoms with Gasteiger partial charge < -0.3 is 20.5 Å². The molecule has 0 bridgehead atoms. The fraction of sp³-hybridized carbons (Fsp3) is 0.533. The first-order chi connectivity index (χ1) is 10.1. The standard InChI is InChI=1S/C15H21FN2O3/c1-21-14-8-11(16)5-6-13(14)18-15(20)17-9-10-3-2-4-12(19)7-10/h5-6,8,10,12,19H,2-4,7,9H2,1H3,(H2,17,18,20). The van der Waals surface area contributed by atoms with E-state index in [1.165, 1.54) is 25.3 Å². The molecule has 0 heterocycles. The summed E-state index contributed by atoms with van der Waals surface area (Å²) in [6, 6.07) is 3.57. The van der Waals surface area contributed by atoms with E-state index in [0.717, 1.165) is 25.7 Å². The largest absolute Gasteiger partial charge is 0.494 e. The Morgan fingerprint density at radius 2 is 2.29 bits per heavy atom. The van der Waals surface area contributed by atoms with Crippen molar-refractivity contribution in [2.45, 2.75) is 31.8 Å². The van der Waals surface area contributed by atoms with Gasteiger partial charge in [0.25, 0.3) is 0 Å². The van der Waals surface area contributed by atoms with E-state index in [1.807, 2.05) is 0 Å². The number of carbonyl (C=O) groups excluding carboxylic acids is 1. The van der Waals surface area contributed by atoms with Crippen LogP contribution in [-0.2, 0) is 0 Å². The van der Waals surface area contributed by atoms with Gasteiger partial charge in [-0.2, -0.15) is 0 Å². The summed E-state index contributed by atoms with van der Waals surface area (Å²) in [5.41, 5.74) is 0.417. The van der Waals surface area contributed by atoms with E-state index in [2.05, 4.69) is 10.6 Å². The van der Waals surface area contributed by atoms with Crippen molar-refractivity contribution in [2.75, 3.05) is 19.0 Å². The Labute approximate surface area is 123 Å². The molecule has 0 radical (unpaired) electrons. The molecule has 0 aliphatic heterocycles. The van der Waals surface area contributed by atoms with Crippen LogP contribution in [0.2, 0.25) is 0 Å². The van der Waals surface area contributed by atoms with Crippen molar-refractivity contribution in [3.63, 3.8) is 0 Å². The van der Waals surface area contributed by atoms with Crippen LogP contribution in [-0.4, -0.2) is 30.9 Å². The number of anilines is 1. The van der Waals surface area contributed by atoms with Gasteiger partial charge in [-0.1, -0.05) is 6.42 Å². The number of benzene rings is 1. The quantitative estimate of drug-likeness (QED) is 0.799. The van der Waals surface area contributed by atoms with Crippen molar-refractivity contribution in [1.29, 1.82) is 0 Å². The molecule has 2 atom stereocenters. The Balaban J connectivity index is 1.84. The molecule has 6 heteroatoms. The smallest absolute Gasteiger partial charge is 0.319 e. The highest BCUT2D eigenvalue weighted by Gasteiger charge is 2.20. The summed E-state index contributed by atoms with van der Waals surface area (Å²) in [7, 11) is 1.42. The molecule has 1 aromatic rings. The van der Waals surface area contributed by atoms with Crippen LogP contribution in [0, 0.1) is 11.7 Å². The summed E-state index contributed by atoms with van der Waals surface area (Å²) >= 11 is 0. The molecule has 1 aliphatic rings. The lowest BCUT2D eigenvalue weighted by atomic mass is 9.87. The Morgan fingerprint density at radius 3 is 3.00 bits per heavy atom. The van der Waals surface area contributed by atoms with Crippen molar-refractivity contribution in [3.8, 4) is 5.75 Å². The maximum atomic E-state index is 13.1. The second kappa shape index (κ2) is 7.26. The lowest BCUT2D eigenvalue weighted by Crippen LogP contribution is -2.35. The molecule has 3 N–H and O–H groups in total. The van der Waals surface area contributed by atoms with Crippen molar-refractivity contribution >= 4 is 11.7 Å². The summed E-state index contributed by atoms with van der Waals surface area (Å²) in [5, 5.41) is 15.0. The van der Waals surface area contributed by atoms with Crippen molar-refractivity contribution in [2.24, 2.45) is 5.92 Å². The lowest BCUT2D eigenvalue weighted by molar-refractivity contribution is 0.101. The van der Waals surface area contributed by atoms with Crippen LogP contribution in [0.3, 0.4) is 0 Å². The van der Waals surface area contributed by atoms with Gasteiger partial charge in [-0.05, 0) is 37.3 Å². The van der Waals surface area contributed by atoms with Crippen LogP contribution < -0.4 is 15.4 Å². The zero-order chi connectivity index (χ0) is 15.2. The lowest BCUT2D eigenvalue weighted by Gasteiger charge is -2.25. The zero-order valence-electron chi connectivity index (χ0n) is 12.1. The summed E-state index contributed by atoms with van der Waals surface area (Å²) in [4.78, 5) is 11.9. The van der Waals surface area contributed by atoms with Crippen LogP contribution in [0.25, 0.3) is 0 Å². The van der Waals surface area contributed by atoms with Crippen molar-refractivity contribution in [1.82, 2.24) is 5.32 Å². The SMILES string of the molecule is COc1cc(F)ccc1NC(=O)NCC1CCCC(O)C1. The summed E-state index contributed by atoms with van der Waals surface area (Å²) in [5.74, 6) is 0.154. The van der Waals surface area contributed by atoms with Gasteiger partial charge in [0.05, 0.1) is 18.9 Å². The Bertz CT molecular complexity index is 496. The van der Waals surface area contributed by atoms with E-state index < -0.39 is 5.82 Å². The molecule has 1 aliphatic carbocycles. The minimum Gasteiger partial charge on any atom is -0.494 e. The second-order valence-corrected chi connectivity index (χ2v) is 5.37. The first-order valence-electron chi connectivity index (χ1n) is 7.15. The molecular formula is C15H21FN2O3. The Hall–Kier alpha value is -1.82. The van der Waals surface area contributed by atoms with Crippen LogP contribution in [0.4, 0.5) is 14.9 Å². The van der Waals surface area contributed by atoms with Crippen LogP contribution >= 0.6 is 0 Å². The molecule has 21 heavy (non-hydrogen) atoms. The number of halogens is 1. The van der Waals surface area contributed by atoms with E-state index >= 15 is 0 Å². The number of rotatable bonds is 4. The van der Waals surface area contributed by atoms with Gasteiger partial charge in [0, 0.05) is 12.6 Å². The molecule has 0 spiro atoms. The van der Waals surface area contributed by atoms with E-state index in [0.29, 0.717) is 18.2 Å². The summed E-state index contributed by atoms with van der Waals surface area (Å²) in [6.45, 7) is 0.520. The molecule has 0 saturated heterocycles. The number of hydrogen-bond donors (Lipinski definition) is 3. The highest BCUT2D eigenvalue weighted by Crippen LogP contribution is 2.25. The van der Waals surface area contributed by atoms with Crippen molar-refractivity contribution in [3.05, 3.63) is 24.0 Å². The van der Waals surface area contributed by atoms with Gasteiger partial charge in [-0.15, -0.1) is 0 Å². The molecule has 2 amide bonds. The van der Waals surface area contributed by atoms with Crippen LogP contribution in [0.5, 0.6) is 5.75 Å². The maximum absolute atomic E-state index is 13.1. The number of ether oxygens (including phenoxy) is 1. The topological polar surface area (TPSA) is 70.6 Å². The predicted molar refractivity (Wildman–Crippen MR) is 77.9 cm³/mol. The summed E-state index contributed by atoms with van der Waals surface area (Å²) in [6.07, 6.45) is 3.30. The maximum Gasteiger partial charge on any atom is 0.319 e. The molecular weight excluding hydrogens is 275 g/mol. The number of aliphatic hydroxyl groups excluding tert-OH is 1. The molecule has 5 nitrogen and oxygen atoms in total. The Morgan fingerprint density at radius 1 is 1.48 bits per heavy atom. The number of urea groups is 1. The van der Waals surface area contributed by atoms with Gasteiger partial charge >= 0.3 is 6.03 Å². The highest BCUT2D eigenvalue weighted by molar-refractivity contribution is 5.90. The van der Waals surface area contributed by atoms with Gasteiger partial charge in [0.2, 0.25) is 0 Å². The van der Waals surface area contributed by atoms with E-state index in [1.54, 1.807) is 0 Å². The normalized spacial score (nSPS) is 21.7. The highest BCUT2D eigenvalue weighted by atomic mass is 19.1. The first kappa shape index (κ1) is 15.6. The van der Waals surface area contributed by atoms with Crippen LogP contribution in [0.15, 0.2) is 18.2 Å². The summed E-state index contributed by atoms with van der Waals surface area (Å²) < 4.78 is 18.1. The molecule has 1 aromatic carbocycles. The number of nitrogens with one attached hydrogen (secondary N) is 2. The van der Waals surface area contributed by atoms with Gasteiger partial charge in [-0.3, -0.25) is 0 Å². The first-order valence-corrected chi connectivity index (χ1v) is 7.15. The third-order valence-corrected chi connectivity index (χ3v) is 3.72. The minimum absolute atomic E-state index is 0.259. The average molecular weight is 296 g/mol. The van der Waals surface area contributed by atoms with Crippen molar-refractivity contribution < 1.29 is 19.0 Å². The average Bonchev–Trinajstić information content (AvgIpc) is 2.47. The fourth-order valence-corrected chi connectivity index (χ4v) is 2.62. The van der Waals surface area contributed by atoms with Gasteiger partial charge in [-0.25, -0.2) is 9.18 Å². The Kier molecular flexibility index (Phi) is 5.38.